The number of ether oxygens (including phenoxy) is 1. The Morgan fingerprint density at radius 2 is 1.93 bits per heavy atom. The summed E-state index contributed by atoms with van der Waals surface area (Å²) in [5, 5.41) is 0. The Kier molecular flexibility index (Phi) is 11.7. The number of terminal acetylenes is 1. The third kappa shape index (κ3) is 24.5. The molecule has 0 unspecified atom stereocenters. The highest BCUT2D eigenvalue weighted by Gasteiger charge is 2.05. The van der Waals surface area contributed by atoms with Crippen molar-refractivity contribution in [2.45, 2.75) is 6.42 Å². The van der Waals surface area contributed by atoms with Gasteiger partial charge in [-0.25, -0.2) is 0 Å². The van der Waals surface area contributed by atoms with Crippen molar-refractivity contribution in [1.29, 1.82) is 0 Å². The summed E-state index contributed by atoms with van der Waals surface area (Å²) in [5.74, 6) is 0. The van der Waals surface area contributed by atoms with Crippen molar-refractivity contribution in [3.05, 3.63) is 0 Å². The lowest BCUT2D eigenvalue weighted by Crippen LogP contribution is -2.35. The van der Waals surface area contributed by atoms with Crippen LogP contribution in [0.25, 0.3) is 0 Å². The van der Waals surface area contributed by atoms with Gasteiger partial charge in [0, 0.05) is 6.42 Å². The van der Waals surface area contributed by atoms with Crippen LogP contribution in [-0.4, -0.2) is 52.4 Å². The fourth-order valence-corrected chi connectivity index (χ4v) is 0.674. The minimum absolute atomic E-state index is 0.375. The molecule has 5 heteroatoms. The van der Waals surface area contributed by atoms with Gasteiger partial charge in [0.15, 0.2) is 6.11 Å². The first-order valence-electron chi connectivity index (χ1n) is 4.49. The van der Waals surface area contributed by atoms with Crippen molar-refractivity contribution in [3.63, 3.8) is 0 Å². The summed E-state index contributed by atoms with van der Waals surface area (Å²) in [7, 11) is 7.69. The highest BCUT2D eigenvalue weighted by molar-refractivity contribution is 5.36. The average molecular weight is 218 g/mol. The van der Waals surface area contributed by atoms with E-state index in [1.165, 1.54) is 7.11 Å². The van der Waals surface area contributed by atoms with Gasteiger partial charge in [-0.05, 0) is 0 Å². The zero-order valence-corrected chi connectivity index (χ0v) is 9.86. The molecule has 0 atom stereocenters. The van der Waals surface area contributed by atoms with Crippen molar-refractivity contribution < 1.29 is 23.8 Å². The molecule has 88 valence electrons. The number of quaternary nitrogens is 1. The van der Waals surface area contributed by atoms with Gasteiger partial charge in [0.2, 0.25) is 0 Å². The molecular weight excluding hydrogens is 198 g/mol. The lowest BCUT2D eigenvalue weighted by Gasteiger charge is -2.23. The number of hydrogen-bond acceptors (Lipinski definition) is 4. The van der Waals surface area contributed by atoms with Crippen molar-refractivity contribution in [2.24, 2.45) is 0 Å². The number of carbonyl (C=O) groups excluding carboxylic acids is 1. The van der Waals surface area contributed by atoms with E-state index in [1.807, 2.05) is 6.11 Å². The molecule has 0 aromatic heterocycles. The lowest BCUT2D eigenvalue weighted by atomic mass is 10.4. The first kappa shape index (κ1) is 16.2. The second-order valence-corrected chi connectivity index (χ2v) is 3.72. The molecule has 0 aromatic rings. The van der Waals surface area contributed by atoms with Crippen LogP contribution in [0.1, 0.15) is 6.42 Å². The maximum absolute atomic E-state index is 8.95. The minimum atomic E-state index is 0.375. The van der Waals surface area contributed by atoms with Gasteiger partial charge in [-0.2, -0.15) is 4.89 Å². The molecule has 0 saturated carbocycles. The SMILES string of the molecule is C#COOCCC[N+](C)(C)C.COC=O. The summed E-state index contributed by atoms with van der Waals surface area (Å²) in [6.07, 6.45) is 7.68. The van der Waals surface area contributed by atoms with Gasteiger partial charge in [0.05, 0.1) is 34.8 Å². The van der Waals surface area contributed by atoms with Crippen LogP contribution in [0.4, 0.5) is 0 Å². The van der Waals surface area contributed by atoms with E-state index in [0.29, 0.717) is 13.1 Å². The Labute approximate surface area is 91.4 Å². The van der Waals surface area contributed by atoms with E-state index >= 15 is 0 Å². The van der Waals surface area contributed by atoms with Crippen LogP contribution in [-0.2, 0) is 19.3 Å². The number of rotatable bonds is 6. The second kappa shape index (κ2) is 10.8. The van der Waals surface area contributed by atoms with Crippen LogP contribution >= 0.6 is 0 Å². The van der Waals surface area contributed by atoms with Crippen LogP contribution in [0.3, 0.4) is 0 Å². The summed E-state index contributed by atoms with van der Waals surface area (Å²) < 4.78 is 4.79. The number of nitrogens with zero attached hydrogens (tertiary/aromatic N) is 1. The maximum atomic E-state index is 8.95. The molecule has 0 rings (SSSR count). The predicted molar refractivity (Wildman–Crippen MR) is 56.5 cm³/mol. The van der Waals surface area contributed by atoms with Crippen LogP contribution in [0, 0.1) is 12.5 Å². The first-order chi connectivity index (χ1) is 6.97. The van der Waals surface area contributed by atoms with E-state index in [-0.39, 0.29) is 0 Å². The quantitative estimate of drug-likeness (QED) is 0.162. The molecule has 0 radical (unpaired) electrons. The van der Waals surface area contributed by atoms with Crippen LogP contribution in [0.15, 0.2) is 0 Å². The van der Waals surface area contributed by atoms with Gasteiger partial charge in [0.1, 0.15) is 6.61 Å². The Morgan fingerprint density at radius 1 is 1.40 bits per heavy atom. The van der Waals surface area contributed by atoms with E-state index in [2.05, 4.69) is 35.7 Å². The molecule has 0 saturated heterocycles. The standard InChI is InChI=1S/C8H16NO2.C2H4O2/c1-5-10-11-8-6-7-9(2,3)4;1-4-2-3/h1H,6-8H2,2-4H3;2H,1H3/q+1;. The molecule has 0 amide bonds. The molecule has 0 aliphatic carbocycles. The molecule has 0 aromatic carbocycles. The Balaban J connectivity index is 0. The average Bonchev–Trinajstić information content (AvgIpc) is 2.16. The molecule has 5 nitrogen and oxygen atoms in total. The molecule has 0 fully saturated rings. The predicted octanol–water partition coefficient (Wildman–Crippen LogP) is 0.411. The summed E-state index contributed by atoms with van der Waals surface area (Å²) in [6.45, 7) is 1.98. The Morgan fingerprint density at radius 3 is 2.27 bits per heavy atom. The zero-order valence-electron chi connectivity index (χ0n) is 9.86. The second-order valence-electron chi connectivity index (χ2n) is 3.72. The molecule has 0 heterocycles. The normalized spacial score (nSPS) is 9.27. The highest BCUT2D eigenvalue weighted by Crippen LogP contribution is 1.93. The fraction of sp³-hybridized carbons (Fsp3) is 0.700. The maximum Gasteiger partial charge on any atom is 0.292 e. The summed E-state index contributed by atoms with van der Waals surface area (Å²) in [6, 6.07) is 0. The molecular formula is C10H20NO4+. The van der Waals surface area contributed by atoms with Crippen molar-refractivity contribution in [3.8, 4) is 12.5 Å². The van der Waals surface area contributed by atoms with Gasteiger partial charge in [-0.3, -0.25) is 9.68 Å². The monoisotopic (exact) mass is 218 g/mol. The molecule has 0 bridgehead atoms. The number of carbonyl (C=O) groups is 1. The van der Waals surface area contributed by atoms with Crippen molar-refractivity contribution in [1.82, 2.24) is 0 Å². The van der Waals surface area contributed by atoms with E-state index in [9.17, 15) is 0 Å². The van der Waals surface area contributed by atoms with E-state index in [4.69, 9.17) is 11.2 Å². The first-order valence-corrected chi connectivity index (χ1v) is 4.49. The minimum Gasteiger partial charge on any atom is -0.471 e. The molecule has 0 aliphatic rings. The lowest BCUT2D eigenvalue weighted by molar-refractivity contribution is -0.870. The van der Waals surface area contributed by atoms with Gasteiger partial charge in [-0.1, -0.05) is 6.42 Å². The number of hydrogen-bond donors (Lipinski definition) is 0. The summed E-state index contributed by atoms with van der Waals surface area (Å²) in [5.41, 5.74) is 0. The fourth-order valence-electron chi connectivity index (χ4n) is 0.674. The van der Waals surface area contributed by atoms with Gasteiger partial charge in [0.25, 0.3) is 6.47 Å². The highest BCUT2D eigenvalue weighted by atomic mass is 17.2. The summed E-state index contributed by atoms with van der Waals surface area (Å²) >= 11 is 0. The number of methoxy groups -OCH3 is 1. The third-order valence-electron chi connectivity index (χ3n) is 1.26. The summed E-state index contributed by atoms with van der Waals surface area (Å²) in [4.78, 5) is 17.9. The molecule has 0 N–H and O–H groups in total. The Bertz CT molecular complexity index is 181. The van der Waals surface area contributed by atoms with Gasteiger partial charge >= 0.3 is 0 Å². The van der Waals surface area contributed by atoms with E-state index in [0.717, 1.165) is 17.4 Å². The van der Waals surface area contributed by atoms with Gasteiger partial charge < -0.3 is 9.22 Å². The van der Waals surface area contributed by atoms with Crippen LogP contribution in [0.2, 0.25) is 0 Å². The largest absolute Gasteiger partial charge is 0.471 e. The van der Waals surface area contributed by atoms with Gasteiger partial charge in [-0.15, -0.1) is 0 Å². The van der Waals surface area contributed by atoms with Crippen LogP contribution in [0.5, 0.6) is 0 Å². The molecule has 15 heavy (non-hydrogen) atoms. The van der Waals surface area contributed by atoms with Crippen molar-refractivity contribution in [2.75, 3.05) is 41.4 Å². The Hall–Kier alpha value is -1.25. The third-order valence-corrected chi connectivity index (χ3v) is 1.26. The molecule has 0 aliphatic heterocycles. The zero-order chi connectivity index (χ0) is 12.2. The van der Waals surface area contributed by atoms with Crippen molar-refractivity contribution >= 4 is 6.47 Å². The molecule has 0 spiro atoms. The van der Waals surface area contributed by atoms with E-state index < -0.39 is 0 Å². The smallest absolute Gasteiger partial charge is 0.292 e. The van der Waals surface area contributed by atoms with E-state index in [1.54, 1.807) is 0 Å². The topological polar surface area (TPSA) is 44.8 Å². The van der Waals surface area contributed by atoms with Crippen LogP contribution < -0.4 is 0 Å².